The molecule has 0 radical (unpaired) electrons. The molecule has 2 N–H and O–H groups in total. The number of nitrogens with zero attached hydrogens (tertiary/aromatic N) is 1. The van der Waals surface area contributed by atoms with Gasteiger partial charge in [-0.15, -0.1) is 0 Å². The molecule has 15 heavy (non-hydrogen) atoms. The fourth-order valence-corrected chi connectivity index (χ4v) is 2.30. The van der Waals surface area contributed by atoms with E-state index in [9.17, 15) is 4.21 Å². The second-order valence-corrected chi connectivity index (χ2v) is 4.51. The minimum absolute atomic E-state index is 0.149. The van der Waals surface area contributed by atoms with E-state index in [4.69, 9.17) is 4.55 Å². The van der Waals surface area contributed by atoms with Gasteiger partial charge in [0.2, 0.25) is 11.3 Å². The normalized spacial score (nSPS) is 25.0. The lowest BCUT2D eigenvalue weighted by atomic mass is 10.1. The summed E-state index contributed by atoms with van der Waals surface area (Å²) >= 11 is -1.85. The Kier molecular flexibility index (Phi) is 3.48. The van der Waals surface area contributed by atoms with Gasteiger partial charge in [-0.3, -0.25) is 4.55 Å². The topological polar surface area (TPSA) is 52.6 Å². The van der Waals surface area contributed by atoms with Crippen LogP contribution in [0.1, 0.15) is 11.6 Å². The van der Waals surface area contributed by atoms with Crippen LogP contribution in [0.2, 0.25) is 0 Å². The van der Waals surface area contributed by atoms with Crippen LogP contribution >= 0.6 is 0 Å². The van der Waals surface area contributed by atoms with Crippen LogP contribution in [0, 0.1) is 0 Å². The Hall–Kier alpha value is -0.750. The molecule has 2 rings (SSSR count). The maximum atomic E-state index is 10.9. The van der Waals surface area contributed by atoms with E-state index in [1.807, 2.05) is 30.3 Å². The lowest BCUT2D eigenvalue weighted by Crippen LogP contribution is -2.46. The fraction of sp³-hybridized carbons (Fsp3) is 0.400. The average Bonchev–Trinajstić information content (AvgIpc) is 2.30. The highest BCUT2D eigenvalue weighted by Crippen LogP contribution is 2.17. The van der Waals surface area contributed by atoms with Gasteiger partial charge < -0.3 is 5.32 Å². The summed E-state index contributed by atoms with van der Waals surface area (Å²) in [6.07, 6.45) is 0. The van der Waals surface area contributed by atoms with Crippen molar-refractivity contribution in [3.05, 3.63) is 35.9 Å². The Labute approximate surface area is 91.7 Å². The molecule has 0 amide bonds. The highest BCUT2D eigenvalue weighted by molar-refractivity contribution is 7.76. The van der Waals surface area contributed by atoms with Crippen molar-refractivity contribution in [3.63, 3.8) is 0 Å². The van der Waals surface area contributed by atoms with Crippen molar-refractivity contribution in [2.45, 2.75) is 6.04 Å². The molecule has 1 saturated heterocycles. The SMILES string of the molecule is O=S(O)N1CCNC(c2ccccc2)C1. The maximum absolute atomic E-state index is 10.9. The van der Waals surface area contributed by atoms with Crippen molar-refractivity contribution < 1.29 is 8.76 Å². The van der Waals surface area contributed by atoms with Crippen LogP contribution in [0.3, 0.4) is 0 Å². The van der Waals surface area contributed by atoms with Crippen LogP contribution in [-0.4, -0.2) is 32.7 Å². The molecule has 1 aromatic carbocycles. The molecule has 0 saturated carbocycles. The van der Waals surface area contributed by atoms with Crippen molar-refractivity contribution in [1.29, 1.82) is 0 Å². The highest BCUT2D eigenvalue weighted by Gasteiger charge is 2.23. The molecule has 1 fully saturated rings. The highest BCUT2D eigenvalue weighted by atomic mass is 32.2. The maximum Gasteiger partial charge on any atom is 0.234 e. The molecular formula is C10H14N2O2S. The van der Waals surface area contributed by atoms with E-state index in [1.165, 1.54) is 0 Å². The van der Waals surface area contributed by atoms with Crippen molar-refractivity contribution in [2.75, 3.05) is 19.6 Å². The summed E-state index contributed by atoms with van der Waals surface area (Å²) in [6, 6.07) is 10.1. The number of piperazine rings is 1. The number of rotatable bonds is 2. The Morgan fingerprint density at radius 1 is 1.40 bits per heavy atom. The van der Waals surface area contributed by atoms with E-state index >= 15 is 0 Å². The third kappa shape index (κ3) is 2.63. The van der Waals surface area contributed by atoms with E-state index in [0.717, 1.165) is 12.1 Å². The zero-order valence-electron chi connectivity index (χ0n) is 8.30. The number of hydrogen-bond donors (Lipinski definition) is 2. The molecule has 4 nitrogen and oxygen atoms in total. The second-order valence-electron chi connectivity index (χ2n) is 3.54. The molecule has 1 aliphatic heterocycles. The van der Waals surface area contributed by atoms with Gasteiger partial charge in [0.1, 0.15) is 0 Å². The molecular weight excluding hydrogens is 212 g/mol. The molecule has 2 unspecified atom stereocenters. The van der Waals surface area contributed by atoms with Crippen LogP contribution < -0.4 is 5.32 Å². The minimum Gasteiger partial charge on any atom is -0.308 e. The van der Waals surface area contributed by atoms with E-state index in [0.29, 0.717) is 13.1 Å². The van der Waals surface area contributed by atoms with Crippen molar-refractivity contribution in [2.24, 2.45) is 0 Å². The zero-order chi connectivity index (χ0) is 10.7. The second kappa shape index (κ2) is 4.85. The van der Waals surface area contributed by atoms with E-state index < -0.39 is 11.3 Å². The Balaban J connectivity index is 2.08. The van der Waals surface area contributed by atoms with Gasteiger partial charge in [-0.05, 0) is 5.56 Å². The number of hydrogen-bond acceptors (Lipinski definition) is 2. The lowest BCUT2D eigenvalue weighted by Gasteiger charge is -2.30. The fourth-order valence-electron chi connectivity index (χ4n) is 1.77. The molecule has 0 bridgehead atoms. The lowest BCUT2D eigenvalue weighted by molar-refractivity contribution is 0.296. The zero-order valence-corrected chi connectivity index (χ0v) is 9.11. The van der Waals surface area contributed by atoms with Gasteiger partial charge in [0.15, 0.2) is 0 Å². The monoisotopic (exact) mass is 226 g/mol. The van der Waals surface area contributed by atoms with Crippen LogP contribution in [0.25, 0.3) is 0 Å². The Bertz CT molecular complexity index is 345. The van der Waals surface area contributed by atoms with Gasteiger partial charge in [-0.1, -0.05) is 30.3 Å². The molecule has 82 valence electrons. The molecule has 0 aliphatic carbocycles. The number of benzene rings is 1. The Morgan fingerprint density at radius 3 is 2.80 bits per heavy atom. The standard InChI is InChI=1S/C10H14N2O2S/c13-15(14)12-7-6-11-10(8-12)9-4-2-1-3-5-9/h1-5,10-11H,6-8H2,(H,13,14). The van der Waals surface area contributed by atoms with Gasteiger partial charge in [0, 0.05) is 25.7 Å². The summed E-state index contributed by atoms with van der Waals surface area (Å²) in [7, 11) is 0. The van der Waals surface area contributed by atoms with Crippen LogP contribution in [-0.2, 0) is 11.3 Å². The minimum atomic E-state index is -1.85. The molecule has 0 spiro atoms. The predicted octanol–water partition coefficient (Wildman–Crippen LogP) is 0.770. The largest absolute Gasteiger partial charge is 0.308 e. The van der Waals surface area contributed by atoms with Crippen molar-refractivity contribution in [3.8, 4) is 0 Å². The summed E-state index contributed by atoms with van der Waals surface area (Å²) in [6.45, 7) is 1.94. The van der Waals surface area contributed by atoms with Crippen molar-refractivity contribution in [1.82, 2.24) is 9.62 Å². The molecule has 5 heteroatoms. The van der Waals surface area contributed by atoms with Crippen LogP contribution in [0.5, 0.6) is 0 Å². The van der Waals surface area contributed by atoms with Gasteiger partial charge in [0.05, 0.1) is 0 Å². The smallest absolute Gasteiger partial charge is 0.234 e. The summed E-state index contributed by atoms with van der Waals surface area (Å²) in [4.78, 5) is 0. The Morgan fingerprint density at radius 2 is 2.13 bits per heavy atom. The third-order valence-corrected chi connectivity index (χ3v) is 3.33. The third-order valence-electron chi connectivity index (χ3n) is 2.56. The predicted molar refractivity (Wildman–Crippen MR) is 59.5 cm³/mol. The molecule has 2 atom stereocenters. The molecule has 0 aromatic heterocycles. The van der Waals surface area contributed by atoms with Crippen molar-refractivity contribution >= 4 is 11.3 Å². The van der Waals surface area contributed by atoms with Crippen LogP contribution in [0.15, 0.2) is 30.3 Å². The van der Waals surface area contributed by atoms with Gasteiger partial charge in [-0.2, -0.15) is 4.31 Å². The van der Waals surface area contributed by atoms with E-state index in [1.54, 1.807) is 4.31 Å². The van der Waals surface area contributed by atoms with Crippen LogP contribution in [0.4, 0.5) is 0 Å². The summed E-state index contributed by atoms with van der Waals surface area (Å²) in [5, 5.41) is 3.33. The molecule has 1 aromatic rings. The summed E-state index contributed by atoms with van der Waals surface area (Å²) in [5.41, 5.74) is 1.16. The van der Waals surface area contributed by atoms with Gasteiger partial charge in [0.25, 0.3) is 0 Å². The van der Waals surface area contributed by atoms with E-state index in [-0.39, 0.29) is 6.04 Å². The quantitative estimate of drug-likeness (QED) is 0.732. The number of nitrogens with one attached hydrogen (secondary N) is 1. The van der Waals surface area contributed by atoms with Gasteiger partial charge >= 0.3 is 0 Å². The first-order chi connectivity index (χ1) is 7.27. The summed E-state index contributed by atoms with van der Waals surface area (Å²) in [5.74, 6) is 0. The molecule has 1 aliphatic rings. The average molecular weight is 226 g/mol. The van der Waals surface area contributed by atoms with E-state index in [2.05, 4.69) is 5.32 Å². The first kappa shape index (κ1) is 10.8. The summed E-state index contributed by atoms with van der Waals surface area (Å²) < 4.78 is 21.5. The first-order valence-corrected chi connectivity index (χ1v) is 5.98. The first-order valence-electron chi connectivity index (χ1n) is 4.91. The molecule has 1 heterocycles. The van der Waals surface area contributed by atoms with Gasteiger partial charge in [-0.25, -0.2) is 4.21 Å².